The second-order valence-corrected chi connectivity index (χ2v) is 11.1. The summed E-state index contributed by atoms with van der Waals surface area (Å²) in [7, 11) is 0. The Morgan fingerprint density at radius 3 is 1.64 bits per heavy atom. The molecule has 0 radical (unpaired) electrons. The predicted octanol–water partition coefficient (Wildman–Crippen LogP) is 11.3. The minimum absolute atomic E-state index is 0.899. The monoisotopic (exact) mass is 526 g/mol. The first-order valence-corrected chi connectivity index (χ1v) is 16.1. The highest BCUT2D eigenvalue weighted by atomic mass is 14.8. The number of unbranched alkanes of at least 4 members (excludes halogenated alkanes) is 9. The second-order valence-electron chi connectivity index (χ2n) is 11.1. The van der Waals surface area contributed by atoms with E-state index in [2.05, 4.69) is 86.9 Å². The van der Waals surface area contributed by atoms with E-state index in [-0.39, 0.29) is 0 Å². The van der Waals surface area contributed by atoms with Crippen LogP contribution < -0.4 is 0 Å². The van der Waals surface area contributed by atoms with Crippen molar-refractivity contribution in [2.75, 3.05) is 0 Å². The molecule has 2 rings (SSSR count). The first-order chi connectivity index (χ1) is 19.2. The summed E-state index contributed by atoms with van der Waals surface area (Å²) in [5, 5.41) is 0. The van der Waals surface area contributed by atoms with Gasteiger partial charge in [0.2, 0.25) is 0 Å². The molecule has 0 aliphatic carbocycles. The van der Waals surface area contributed by atoms with Crippen LogP contribution in [0, 0.1) is 0 Å². The van der Waals surface area contributed by atoms with Crippen LogP contribution in [-0.4, -0.2) is 10.7 Å². The van der Waals surface area contributed by atoms with Gasteiger partial charge >= 0.3 is 5.87 Å². The summed E-state index contributed by atoms with van der Waals surface area (Å²) in [6.07, 6.45) is 19.9. The lowest BCUT2D eigenvalue weighted by Crippen LogP contribution is -2.02. The Balaban J connectivity index is 2.69. The molecular formula is C37H54N2. The van der Waals surface area contributed by atoms with Gasteiger partial charge in [0.1, 0.15) is 0 Å². The molecule has 0 heterocycles. The Labute approximate surface area is 240 Å². The minimum atomic E-state index is 0.899. The van der Waals surface area contributed by atoms with E-state index in [4.69, 9.17) is 0 Å². The van der Waals surface area contributed by atoms with E-state index in [1.54, 1.807) is 0 Å². The van der Waals surface area contributed by atoms with Crippen LogP contribution >= 0.6 is 0 Å². The zero-order valence-corrected chi connectivity index (χ0v) is 25.5. The molecule has 212 valence electrons. The highest BCUT2D eigenvalue weighted by Gasteiger charge is 2.19. The minimum Gasteiger partial charge on any atom is -0.348 e. The molecule has 0 saturated carbocycles. The molecule has 39 heavy (non-hydrogen) atoms. The van der Waals surface area contributed by atoms with Crippen LogP contribution in [0.5, 0.6) is 0 Å². The van der Waals surface area contributed by atoms with Crippen LogP contribution in [0.4, 0.5) is 0 Å². The van der Waals surface area contributed by atoms with Crippen LogP contribution in [0.15, 0.2) is 59.7 Å². The molecule has 0 atom stereocenters. The maximum atomic E-state index is 9.66. The van der Waals surface area contributed by atoms with Gasteiger partial charge in [-0.1, -0.05) is 134 Å². The van der Waals surface area contributed by atoms with E-state index in [1.807, 2.05) is 0 Å². The van der Waals surface area contributed by atoms with Crippen molar-refractivity contribution in [3.63, 3.8) is 0 Å². The van der Waals surface area contributed by atoms with Gasteiger partial charge in [0, 0.05) is 0 Å². The topological polar surface area (TPSA) is 36.4 Å². The maximum Gasteiger partial charge on any atom is 0.303 e. The number of rotatable bonds is 20. The van der Waals surface area contributed by atoms with E-state index in [0.29, 0.717) is 0 Å². The fourth-order valence-corrected chi connectivity index (χ4v) is 5.48. The second kappa shape index (κ2) is 20.3. The number of nitrogens with zero attached hydrogens (tertiary/aromatic N) is 2. The van der Waals surface area contributed by atoms with Crippen molar-refractivity contribution in [1.29, 1.82) is 0 Å². The van der Waals surface area contributed by atoms with Gasteiger partial charge in [-0.05, 0) is 84.8 Å². The summed E-state index contributed by atoms with van der Waals surface area (Å²) in [6, 6.07) is 18.4. The van der Waals surface area contributed by atoms with Crippen molar-refractivity contribution in [3.05, 3.63) is 87.5 Å². The highest BCUT2D eigenvalue weighted by molar-refractivity contribution is 5.87. The van der Waals surface area contributed by atoms with Crippen molar-refractivity contribution in [2.24, 2.45) is 0 Å². The summed E-state index contributed by atoms with van der Waals surface area (Å²) >= 11 is 0. The smallest absolute Gasteiger partial charge is 0.303 e. The zero-order chi connectivity index (χ0) is 28.1. The van der Waals surface area contributed by atoms with Crippen LogP contribution in [0.1, 0.15) is 146 Å². The lowest BCUT2D eigenvalue weighted by molar-refractivity contribution is 0.00739. The zero-order valence-electron chi connectivity index (χ0n) is 25.5. The summed E-state index contributed by atoms with van der Waals surface area (Å²) in [5.41, 5.74) is 18.7. The predicted molar refractivity (Wildman–Crippen MR) is 170 cm³/mol. The quantitative estimate of drug-likeness (QED) is 0.0541. The molecule has 2 nitrogen and oxygen atoms in total. The van der Waals surface area contributed by atoms with Crippen molar-refractivity contribution in [2.45, 2.75) is 137 Å². The van der Waals surface area contributed by atoms with E-state index < -0.39 is 0 Å². The van der Waals surface area contributed by atoms with Gasteiger partial charge in [0.15, 0.2) is 0 Å². The van der Waals surface area contributed by atoms with Crippen LogP contribution in [0.2, 0.25) is 0 Å². The molecule has 0 fully saturated rings. The molecule has 0 aliphatic heterocycles. The first-order valence-electron chi connectivity index (χ1n) is 16.1. The Morgan fingerprint density at radius 1 is 0.615 bits per heavy atom. The molecule has 2 aromatic carbocycles. The third kappa shape index (κ3) is 11.9. The molecule has 0 N–H and O–H groups in total. The van der Waals surface area contributed by atoms with Gasteiger partial charge in [-0.15, -0.1) is 4.79 Å². The van der Waals surface area contributed by atoms with Gasteiger partial charge in [-0.2, -0.15) is 0 Å². The average molecular weight is 527 g/mol. The molecular weight excluding hydrogens is 472 g/mol. The largest absolute Gasteiger partial charge is 0.348 e. The van der Waals surface area contributed by atoms with Gasteiger partial charge in [0.25, 0.3) is 0 Å². The highest BCUT2D eigenvalue weighted by Crippen LogP contribution is 2.35. The standard InChI is InChI=1S/C37H54N2/c1-5-9-13-17-21-32-23-19-26-34(29-32)37(33-25-18-22-31(28-33)20-14-10-6-2)36(27-16-12-8-4)35(30-39-38)24-15-11-7-3/h18-19,22-23,25-26,28-29H,5-17,20-21,24,27H2,1-4H3. The molecule has 0 amide bonds. The Hall–Kier alpha value is -2.66. The van der Waals surface area contributed by atoms with E-state index >= 15 is 0 Å². The van der Waals surface area contributed by atoms with E-state index in [0.717, 1.165) is 44.1 Å². The summed E-state index contributed by atoms with van der Waals surface area (Å²) in [5.74, 6) is 3.05. The van der Waals surface area contributed by atoms with Gasteiger partial charge in [-0.3, -0.25) is 0 Å². The molecule has 0 aromatic heterocycles. The van der Waals surface area contributed by atoms with Gasteiger partial charge in [0.05, 0.1) is 5.57 Å². The molecule has 2 heteroatoms. The lowest BCUT2D eigenvalue weighted by atomic mass is 9.84. The fraction of sp³-hybridized carbons (Fsp3) is 0.568. The van der Waals surface area contributed by atoms with Crippen molar-refractivity contribution >= 4 is 11.4 Å². The van der Waals surface area contributed by atoms with Crippen LogP contribution in [-0.2, 0) is 12.8 Å². The molecule has 0 spiro atoms. The van der Waals surface area contributed by atoms with E-state index in [1.165, 1.54) is 104 Å². The normalized spacial score (nSPS) is 11.6. The average Bonchev–Trinajstić information content (AvgIpc) is 2.95. The summed E-state index contributed by atoms with van der Waals surface area (Å²) in [4.78, 5) is 3.46. The van der Waals surface area contributed by atoms with Crippen molar-refractivity contribution in [1.82, 2.24) is 0 Å². The Kier molecular flexibility index (Phi) is 16.9. The Morgan fingerprint density at radius 2 is 1.10 bits per heavy atom. The third-order valence-electron chi connectivity index (χ3n) is 7.73. The molecule has 0 saturated heterocycles. The lowest BCUT2D eigenvalue weighted by Gasteiger charge is -2.19. The van der Waals surface area contributed by atoms with E-state index in [9.17, 15) is 5.53 Å². The third-order valence-corrected chi connectivity index (χ3v) is 7.73. The first kappa shape index (κ1) is 32.6. The number of hydrogen-bond donors (Lipinski definition) is 0. The Bertz CT molecular complexity index is 1080. The molecule has 0 bridgehead atoms. The van der Waals surface area contributed by atoms with Crippen molar-refractivity contribution < 1.29 is 4.79 Å². The van der Waals surface area contributed by atoms with Crippen LogP contribution in [0.25, 0.3) is 11.1 Å². The van der Waals surface area contributed by atoms with Gasteiger partial charge < -0.3 is 5.53 Å². The number of benzene rings is 2. The number of allylic oxidation sites excluding steroid dienone is 2. The SMILES string of the molecule is CCCCCCc1cccc(C(=C(CCCCC)C(=C=[N+]=[N-])CCCCC)c2cccc(CCCCC)c2)c1. The molecule has 0 unspecified atom stereocenters. The molecule has 2 aromatic rings. The summed E-state index contributed by atoms with van der Waals surface area (Å²) < 4.78 is 0. The van der Waals surface area contributed by atoms with Gasteiger partial charge in [-0.25, -0.2) is 0 Å². The molecule has 0 aliphatic rings. The fourth-order valence-electron chi connectivity index (χ4n) is 5.48. The summed E-state index contributed by atoms with van der Waals surface area (Å²) in [6.45, 7) is 9.04. The number of hydrogen-bond acceptors (Lipinski definition) is 0. The van der Waals surface area contributed by atoms with Crippen LogP contribution in [0.3, 0.4) is 0 Å². The number of aryl methyl sites for hydroxylation is 2. The van der Waals surface area contributed by atoms with Crippen molar-refractivity contribution in [3.8, 4) is 0 Å². The maximum absolute atomic E-state index is 9.66.